The zero-order chi connectivity index (χ0) is 28.1. The van der Waals surface area contributed by atoms with Gasteiger partial charge in [0, 0.05) is 17.6 Å². The maximum atomic E-state index is 13.7. The van der Waals surface area contributed by atoms with Crippen molar-refractivity contribution in [2.75, 3.05) is 13.3 Å². The van der Waals surface area contributed by atoms with Gasteiger partial charge in [-0.15, -0.1) is 11.3 Å². The largest absolute Gasteiger partial charge is 0.495 e. The van der Waals surface area contributed by atoms with Crippen molar-refractivity contribution in [3.05, 3.63) is 92.9 Å². The first-order valence-electron chi connectivity index (χ1n) is 11.8. The highest BCUT2D eigenvalue weighted by atomic mass is 32.1. The van der Waals surface area contributed by atoms with Gasteiger partial charge in [-0.25, -0.2) is 18.7 Å². The predicted molar refractivity (Wildman–Crippen MR) is 147 cm³/mol. The Hall–Kier alpha value is -3.83. The Morgan fingerprint density at radius 1 is 1.10 bits per heavy atom. The minimum Gasteiger partial charge on any atom is -0.495 e. The van der Waals surface area contributed by atoms with Gasteiger partial charge in [-0.3, -0.25) is 13.9 Å². The van der Waals surface area contributed by atoms with Crippen LogP contribution >= 0.6 is 18.9 Å². The lowest BCUT2D eigenvalue weighted by Gasteiger charge is -2.12. The first kappa shape index (κ1) is 26.8. The van der Waals surface area contributed by atoms with E-state index in [1.807, 2.05) is 35.9 Å². The van der Waals surface area contributed by atoms with Gasteiger partial charge in [0.2, 0.25) is 0 Å². The number of hydrogen-bond acceptors (Lipinski definition) is 6. The monoisotopic (exact) mass is 570 g/mol. The molecule has 2 aromatic carbocycles. The normalized spacial score (nSPS) is 11.8. The molecule has 0 atom stereocenters. The topological polar surface area (TPSA) is 129 Å². The van der Waals surface area contributed by atoms with Crippen LogP contribution < -0.4 is 16.0 Å². The van der Waals surface area contributed by atoms with Crippen molar-refractivity contribution in [3.8, 4) is 27.6 Å². The lowest BCUT2D eigenvalue weighted by atomic mass is 10.1. The number of aryl methyl sites for hydroxylation is 3. The van der Waals surface area contributed by atoms with E-state index in [1.54, 1.807) is 20.4 Å². The second kappa shape index (κ2) is 10.0. The molecule has 13 heteroatoms. The van der Waals surface area contributed by atoms with E-state index in [1.165, 1.54) is 28.0 Å². The van der Waals surface area contributed by atoms with Gasteiger partial charge < -0.3 is 19.1 Å². The minimum atomic E-state index is -4.46. The number of aromatic nitrogens is 4. The van der Waals surface area contributed by atoms with Gasteiger partial charge in [-0.05, 0) is 61.4 Å². The van der Waals surface area contributed by atoms with Crippen LogP contribution in [-0.4, -0.2) is 41.7 Å². The van der Waals surface area contributed by atoms with E-state index >= 15 is 0 Å². The fraction of sp³-hybridized carbons (Fsp3) is 0.192. The molecule has 5 aromatic rings. The van der Waals surface area contributed by atoms with Crippen LogP contribution in [0.5, 0.6) is 5.75 Å². The summed E-state index contributed by atoms with van der Waals surface area (Å²) in [6, 6.07) is 10.4. The third-order valence-corrected chi connectivity index (χ3v) is 8.49. The van der Waals surface area contributed by atoms with Crippen LogP contribution in [0.3, 0.4) is 0 Å². The lowest BCUT2D eigenvalue weighted by molar-refractivity contribution is 0.369. The molecule has 2 N–H and O–H groups in total. The van der Waals surface area contributed by atoms with Crippen LogP contribution in [0.1, 0.15) is 11.3 Å². The molecule has 3 aromatic heterocycles. The summed E-state index contributed by atoms with van der Waals surface area (Å²) in [7, 11) is -2.91. The highest BCUT2D eigenvalue weighted by Crippen LogP contribution is 2.40. The summed E-state index contributed by atoms with van der Waals surface area (Å²) in [6.45, 7) is 3.31. The van der Waals surface area contributed by atoms with Gasteiger partial charge in [-0.1, -0.05) is 6.07 Å². The molecule has 0 aliphatic rings. The molecule has 0 saturated carbocycles. The maximum Gasteiger partial charge on any atom is 0.336 e. The number of hydrogen-bond donors (Lipinski definition) is 2. The standard InChI is InChI=1S/C26H24FN4O6PS/c1-15-13-29(14-28-15)20-9-4-17(12-21(20)37-3)23-16(2)22-24(32)31(19-7-5-18(27)6-8-19)26(33)30(25(22)39-23)10-11-38(34,35)36/h4-9,12-14H,10-11H2,1-3H3,(H2,34,35,36). The number of nitrogens with zero attached hydrogens (tertiary/aromatic N) is 4. The van der Waals surface area contributed by atoms with Crippen molar-refractivity contribution >= 4 is 29.1 Å². The molecule has 0 saturated heterocycles. The SMILES string of the molecule is COc1cc(-c2sc3c(c2C)c(=O)n(-c2ccc(F)cc2)c(=O)n3CCP(=O)(O)O)ccc1-n1cnc(C)c1. The molecular formula is C26H24FN4O6PS. The number of rotatable bonds is 7. The molecule has 0 spiro atoms. The van der Waals surface area contributed by atoms with E-state index in [9.17, 15) is 28.3 Å². The van der Waals surface area contributed by atoms with Crippen molar-refractivity contribution in [1.82, 2.24) is 18.7 Å². The van der Waals surface area contributed by atoms with Crippen LogP contribution in [0, 0.1) is 19.7 Å². The predicted octanol–water partition coefficient (Wildman–Crippen LogP) is 4.01. The van der Waals surface area contributed by atoms with E-state index in [0.717, 1.165) is 33.6 Å². The summed E-state index contributed by atoms with van der Waals surface area (Å²) < 4.78 is 34.8. The quantitative estimate of drug-likeness (QED) is 0.283. The molecule has 10 nitrogen and oxygen atoms in total. The number of methoxy groups -OCH3 is 1. The van der Waals surface area contributed by atoms with Crippen molar-refractivity contribution in [2.45, 2.75) is 20.4 Å². The first-order valence-corrected chi connectivity index (χ1v) is 14.4. The number of ether oxygens (including phenoxy) is 1. The van der Waals surface area contributed by atoms with Crippen LogP contribution in [0.4, 0.5) is 4.39 Å². The van der Waals surface area contributed by atoms with Crippen LogP contribution in [-0.2, 0) is 11.1 Å². The molecule has 202 valence electrons. The third kappa shape index (κ3) is 4.99. The highest BCUT2D eigenvalue weighted by Gasteiger charge is 2.24. The molecule has 0 bridgehead atoms. The van der Waals surface area contributed by atoms with Crippen molar-refractivity contribution in [1.29, 1.82) is 0 Å². The van der Waals surface area contributed by atoms with Gasteiger partial charge in [0.15, 0.2) is 0 Å². The summed E-state index contributed by atoms with van der Waals surface area (Å²) in [5.74, 6) is 0.0244. The Balaban J connectivity index is 1.75. The average Bonchev–Trinajstić information content (AvgIpc) is 3.47. The van der Waals surface area contributed by atoms with Crippen molar-refractivity contribution in [2.24, 2.45) is 0 Å². The van der Waals surface area contributed by atoms with Gasteiger partial charge in [-0.2, -0.15) is 0 Å². The highest BCUT2D eigenvalue weighted by molar-refractivity contribution is 7.51. The molecular weight excluding hydrogens is 546 g/mol. The number of imidazole rings is 1. The van der Waals surface area contributed by atoms with Gasteiger partial charge in [0.05, 0.1) is 42.1 Å². The van der Waals surface area contributed by atoms with E-state index in [-0.39, 0.29) is 22.4 Å². The maximum absolute atomic E-state index is 13.7. The summed E-state index contributed by atoms with van der Waals surface area (Å²) in [5.41, 5.74) is 1.69. The van der Waals surface area contributed by atoms with E-state index < -0.39 is 30.8 Å². The summed E-state index contributed by atoms with van der Waals surface area (Å²) >= 11 is 1.18. The molecule has 0 radical (unpaired) electrons. The molecule has 3 heterocycles. The van der Waals surface area contributed by atoms with Crippen LogP contribution in [0.15, 0.2) is 64.6 Å². The number of fused-ring (bicyclic) bond motifs is 1. The van der Waals surface area contributed by atoms with Crippen molar-refractivity contribution < 1.29 is 23.5 Å². The third-order valence-electron chi connectivity index (χ3n) is 6.34. The Labute approximate surface area is 225 Å². The molecule has 0 aliphatic heterocycles. The Morgan fingerprint density at radius 2 is 1.82 bits per heavy atom. The number of thiophene rings is 1. The van der Waals surface area contributed by atoms with E-state index in [0.29, 0.717) is 16.2 Å². The van der Waals surface area contributed by atoms with Gasteiger partial charge >= 0.3 is 13.3 Å². The summed E-state index contributed by atoms with van der Waals surface area (Å²) in [4.78, 5) is 51.4. The molecule has 0 fully saturated rings. The Morgan fingerprint density at radius 3 is 2.44 bits per heavy atom. The fourth-order valence-electron chi connectivity index (χ4n) is 4.45. The lowest BCUT2D eigenvalue weighted by Crippen LogP contribution is -2.39. The van der Waals surface area contributed by atoms with E-state index in [2.05, 4.69) is 4.98 Å². The van der Waals surface area contributed by atoms with Crippen LogP contribution in [0.25, 0.3) is 32.0 Å². The van der Waals surface area contributed by atoms with Gasteiger partial charge in [0.1, 0.15) is 16.4 Å². The molecule has 0 aliphatic carbocycles. The van der Waals surface area contributed by atoms with Crippen molar-refractivity contribution in [3.63, 3.8) is 0 Å². The fourth-order valence-corrected chi connectivity index (χ4v) is 6.23. The zero-order valence-electron chi connectivity index (χ0n) is 21.2. The minimum absolute atomic E-state index is 0.145. The summed E-state index contributed by atoms with van der Waals surface area (Å²) in [6.07, 6.45) is 2.94. The molecule has 0 unspecified atom stereocenters. The second-order valence-electron chi connectivity index (χ2n) is 8.98. The Bertz CT molecular complexity index is 1880. The average molecular weight is 571 g/mol. The Kier molecular flexibility index (Phi) is 6.90. The second-order valence-corrected chi connectivity index (χ2v) is 11.8. The summed E-state index contributed by atoms with van der Waals surface area (Å²) in [5, 5.41) is 0.234. The number of benzene rings is 2. The van der Waals surface area contributed by atoms with Crippen LogP contribution in [0.2, 0.25) is 0 Å². The first-order chi connectivity index (χ1) is 18.5. The molecule has 0 amide bonds. The molecule has 5 rings (SSSR count). The van der Waals surface area contributed by atoms with Gasteiger partial charge in [0.25, 0.3) is 5.56 Å². The van der Waals surface area contributed by atoms with E-state index in [4.69, 9.17) is 4.74 Å². The zero-order valence-corrected chi connectivity index (χ0v) is 22.9. The smallest absolute Gasteiger partial charge is 0.336 e. The number of halogens is 1. The molecule has 39 heavy (non-hydrogen) atoms.